The highest BCUT2D eigenvalue weighted by atomic mass is 79.9. The lowest BCUT2D eigenvalue weighted by molar-refractivity contribution is 0.360. The molecule has 19 heavy (non-hydrogen) atoms. The van der Waals surface area contributed by atoms with Crippen molar-refractivity contribution < 1.29 is 4.52 Å². The lowest BCUT2D eigenvalue weighted by atomic mass is 10.2. The van der Waals surface area contributed by atoms with Crippen LogP contribution in [0.25, 0.3) is 10.9 Å². The molecule has 0 amide bonds. The molecule has 98 valence electrons. The molecule has 0 aliphatic rings. The molecule has 1 aromatic carbocycles. The van der Waals surface area contributed by atoms with Gasteiger partial charge in [0.25, 0.3) is 0 Å². The van der Waals surface area contributed by atoms with Gasteiger partial charge in [-0.2, -0.15) is 4.98 Å². The van der Waals surface area contributed by atoms with Crippen LogP contribution in [0, 0.1) is 0 Å². The van der Waals surface area contributed by atoms with Crippen molar-refractivity contribution in [3.63, 3.8) is 0 Å². The summed E-state index contributed by atoms with van der Waals surface area (Å²) < 4.78 is 8.43. The SMILES string of the molecule is CC(C)c1nc(Cn2ccc3cc(Br)ccc32)no1. The molecule has 0 unspecified atom stereocenters. The van der Waals surface area contributed by atoms with Crippen molar-refractivity contribution in [3.05, 3.63) is 46.7 Å². The Morgan fingerprint density at radius 1 is 1.32 bits per heavy atom. The molecule has 4 nitrogen and oxygen atoms in total. The molecular weight excluding hydrogens is 306 g/mol. The Balaban J connectivity index is 1.92. The predicted molar refractivity (Wildman–Crippen MR) is 77.1 cm³/mol. The molecule has 0 saturated heterocycles. The Labute approximate surface area is 119 Å². The molecule has 0 bridgehead atoms. The Bertz CT molecular complexity index is 714. The van der Waals surface area contributed by atoms with Gasteiger partial charge in [0.2, 0.25) is 5.89 Å². The molecular formula is C14H14BrN3O. The van der Waals surface area contributed by atoms with Crippen molar-refractivity contribution in [1.29, 1.82) is 0 Å². The Hall–Kier alpha value is -1.62. The fraction of sp³-hybridized carbons (Fsp3) is 0.286. The summed E-state index contributed by atoms with van der Waals surface area (Å²) in [5.74, 6) is 1.66. The lowest BCUT2D eigenvalue weighted by Gasteiger charge is -2.01. The van der Waals surface area contributed by atoms with Gasteiger partial charge in [0.15, 0.2) is 5.82 Å². The summed E-state index contributed by atoms with van der Waals surface area (Å²) in [6.45, 7) is 4.71. The highest BCUT2D eigenvalue weighted by Gasteiger charge is 2.11. The molecule has 2 heterocycles. The molecule has 0 fully saturated rings. The molecule has 0 aliphatic carbocycles. The number of hydrogen-bond acceptors (Lipinski definition) is 3. The minimum Gasteiger partial charge on any atom is -0.340 e. The van der Waals surface area contributed by atoms with Gasteiger partial charge in [-0.15, -0.1) is 0 Å². The zero-order valence-corrected chi connectivity index (χ0v) is 12.4. The monoisotopic (exact) mass is 319 g/mol. The number of halogens is 1. The maximum atomic E-state index is 5.22. The molecule has 0 atom stereocenters. The normalized spacial score (nSPS) is 11.6. The van der Waals surface area contributed by atoms with Gasteiger partial charge >= 0.3 is 0 Å². The minimum atomic E-state index is 0.263. The quantitative estimate of drug-likeness (QED) is 0.734. The number of nitrogens with zero attached hydrogens (tertiary/aromatic N) is 3. The van der Waals surface area contributed by atoms with Gasteiger partial charge < -0.3 is 9.09 Å². The van der Waals surface area contributed by atoms with E-state index in [1.165, 1.54) is 10.9 Å². The third kappa shape index (κ3) is 2.42. The van der Waals surface area contributed by atoms with Crippen LogP contribution in [0.4, 0.5) is 0 Å². The molecule has 5 heteroatoms. The van der Waals surface area contributed by atoms with Crippen molar-refractivity contribution in [3.8, 4) is 0 Å². The second kappa shape index (κ2) is 4.81. The number of aromatic nitrogens is 3. The largest absolute Gasteiger partial charge is 0.340 e. The van der Waals surface area contributed by atoms with Gasteiger partial charge in [0.05, 0.1) is 6.54 Å². The van der Waals surface area contributed by atoms with E-state index < -0.39 is 0 Å². The van der Waals surface area contributed by atoms with Gasteiger partial charge in [-0.25, -0.2) is 0 Å². The van der Waals surface area contributed by atoms with Gasteiger partial charge in [-0.05, 0) is 24.3 Å². The first-order valence-electron chi connectivity index (χ1n) is 6.20. The fourth-order valence-electron chi connectivity index (χ4n) is 2.03. The Morgan fingerprint density at radius 3 is 2.89 bits per heavy atom. The maximum absolute atomic E-state index is 5.22. The van der Waals surface area contributed by atoms with E-state index in [0.29, 0.717) is 18.3 Å². The van der Waals surface area contributed by atoms with Crippen LogP contribution in [-0.4, -0.2) is 14.7 Å². The molecule has 0 saturated carbocycles. The molecule has 0 aliphatic heterocycles. The van der Waals surface area contributed by atoms with E-state index in [2.05, 4.69) is 48.8 Å². The highest BCUT2D eigenvalue weighted by molar-refractivity contribution is 9.10. The van der Waals surface area contributed by atoms with Crippen LogP contribution in [0.2, 0.25) is 0 Å². The van der Waals surface area contributed by atoms with E-state index in [4.69, 9.17) is 4.52 Å². The van der Waals surface area contributed by atoms with E-state index in [1.54, 1.807) is 0 Å². The van der Waals surface area contributed by atoms with Gasteiger partial charge in [0.1, 0.15) is 0 Å². The molecule has 0 spiro atoms. The molecule has 3 rings (SSSR count). The van der Waals surface area contributed by atoms with Crippen molar-refractivity contribution >= 4 is 26.8 Å². The standard InChI is InChI=1S/C14H14BrN3O/c1-9(2)14-16-13(17-19-14)8-18-6-5-10-7-11(15)3-4-12(10)18/h3-7,9H,8H2,1-2H3. The van der Waals surface area contributed by atoms with E-state index in [0.717, 1.165) is 4.47 Å². The smallest absolute Gasteiger partial charge is 0.229 e. The van der Waals surface area contributed by atoms with Crippen molar-refractivity contribution in [2.45, 2.75) is 26.3 Å². The molecule has 3 aromatic rings. The summed E-state index contributed by atoms with van der Waals surface area (Å²) in [7, 11) is 0. The van der Waals surface area contributed by atoms with Gasteiger partial charge in [-0.1, -0.05) is 34.9 Å². The van der Waals surface area contributed by atoms with E-state index in [-0.39, 0.29) is 5.92 Å². The summed E-state index contributed by atoms with van der Waals surface area (Å²) in [6, 6.07) is 8.31. The van der Waals surface area contributed by atoms with Crippen molar-refractivity contribution in [2.75, 3.05) is 0 Å². The summed E-state index contributed by atoms with van der Waals surface area (Å²) >= 11 is 3.48. The number of benzene rings is 1. The van der Waals surface area contributed by atoms with Crippen molar-refractivity contribution in [1.82, 2.24) is 14.7 Å². The molecule has 0 radical (unpaired) electrons. The highest BCUT2D eigenvalue weighted by Crippen LogP contribution is 2.21. The second-order valence-corrected chi connectivity index (χ2v) is 5.77. The number of fused-ring (bicyclic) bond motifs is 1. The first-order valence-corrected chi connectivity index (χ1v) is 6.99. The van der Waals surface area contributed by atoms with E-state index >= 15 is 0 Å². The van der Waals surface area contributed by atoms with Crippen LogP contribution < -0.4 is 0 Å². The van der Waals surface area contributed by atoms with Crippen LogP contribution >= 0.6 is 15.9 Å². The lowest BCUT2D eigenvalue weighted by Crippen LogP contribution is -2.00. The average Bonchev–Trinajstić information content (AvgIpc) is 2.97. The maximum Gasteiger partial charge on any atom is 0.229 e. The molecule has 2 aromatic heterocycles. The zero-order chi connectivity index (χ0) is 13.4. The topological polar surface area (TPSA) is 43.9 Å². The molecule has 0 N–H and O–H groups in total. The second-order valence-electron chi connectivity index (χ2n) is 4.85. The first-order chi connectivity index (χ1) is 9.13. The van der Waals surface area contributed by atoms with Crippen LogP contribution in [-0.2, 0) is 6.54 Å². The third-order valence-electron chi connectivity index (χ3n) is 3.02. The predicted octanol–water partition coefficient (Wildman–Crippen LogP) is 3.96. The van der Waals surface area contributed by atoms with E-state index in [1.807, 2.05) is 26.1 Å². The van der Waals surface area contributed by atoms with Crippen LogP contribution in [0.5, 0.6) is 0 Å². The van der Waals surface area contributed by atoms with E-state index in [9.17, 15) is 0 Å². The minimum absolute atomic E-state index is 0.263. The zero-order valence-electron chi connectivity index (χ0n) is 10.8. The van der Waals surface area contributed by atoms with Crippen LogP contribution in [0.3, 0.4) is 0 Å². The first kappa shape index (κ1) is 12.4. The summed E-state index contributed by atoms with van der Waals surface area (Å²) in [5, 5.41) is 5.22. The average molecular weight is 320 g/mol. The van der Waals surface area contributed by atoms with Gasteiger partial charge in [0, 0.05) is 27.5 Å². The van der Waals surface area contributed by atoms with Crippen LogP contribution in [0.15, 0.2) is 39.5 Å². The summed E-state index contributed by atoms with van der Waals surface area (Å²) in [5.41, 5.74) is 1.17. The Morgan fingerprint density at radius 2 is 2.16 bits per heavy atom. The summed E-state index contributed by atoms with van der Waals surface area (Å²) in [6.07, 6.45) is 2.04. The number of rotatable bonds is 3. The van der Waals surface area contributed by atoms with Crippen molar-refractivity contribution in [2.24, 2.45) is 0 Å². The fourth-order valence-corrected chi connectivity index (χ4v) is 2.41. The Kier molecular flexibility index (Phi) is 3.14. The number of hydrogen-bond donors (Lipinski definition) is 0. The summed E-state index contributed by atoms with van der Waals surface area (Å²) in [4.78, 5) is 4.40. The van der Waals surface area contributed by atoms with Gasteiger partial charge in [-0.3, -0.25) is 0 Å². The third-order valence-corrected chi connectivity index (χ3v) is 3.52. The van der Waals surface area contributed by atoms with Crippen LogP contribution in [0.1, 0.15) is 31.5 Å².